The lowest BCUT2D eigenvalue weighted by Crippen LogP contribution is -2.28. The Morgan fingerprint density at radius 2 is 1.62 bits per heavy atom. The predicted octanol–water partition coefficient (Wildman–Crippen LogP) is 4.51. The topological polar surface area (TPSA) is 3.24 Å². The van der Waals surface area contributed by atoms with Crippen molar-refractivity contribution >= 4 is 0 Å². The van der Waals surface area contributed by atoms with Gasteiger partial charge in [-0.25, -0.2) is 0 Å². The van der Waals surface area contributed by atoms with Gasteiger partial charge in [-0.1, -0.05) is 57.6 Å². The maximum atomic E-state index is 2.44. The van der Waals surface area contributed by atoms with Crippen LogP contribution < -0.4 is 0 Å². The molecular weight excluding hydrogens is 194 g/mol. The summed E-state index contributed by atoms with van der Waals surface area (Å²) in [7, 11) is 0. The second-order valence-electron chi connectivity index (χ2n) is 4.83. The summed E-state index contributed by atoms with van der Waals surface area (Å²) < 4.78 is 0. The fourth-order valence-electron chi connectivity index (χ4n) is 2.16. The van der Waals surface area contributed by atoms with Gasteiger partial charge >= 0.3 is 0 Å². The minimum Gasteiger partial charge on any atom is -0.371 e. The Balaban J connectivity index is 1.95. The van der Waals surface area contributed by atoms with E-state index < -0.39 is 0 Å². The number of rotatable bonds is 8. The lowest BCUT2D eigenvalue weighted by atomic mass is 10.1. The van der Waals surface area contributed by atoms with E-state index in [1.54, 1.807) is 0 Å². The van der Waals surface area contributed by atoms with E-state index in [9.17, 15) is 0 Å². The Kier molecular flexibility index (Phi) is 7.03. The third-order valence-electron chi connectivity index (χ3n) is 3.32. The minimum atomic E-state index is 0.588. The molecule has 0 spiro atoms. The van der Waals surface area contributed by atoms with E-state index in [-0.39, 0.29) is 0 Å². The summed E-state index contributed by atoms with van der Waals surface area (Å²) in [6.45, 7) is 5.76. The van der Waals surface area contributed by atoms with Gasteiger partial charge in [-0.05, 0) is 25.6 Å². The molecule has 0 saturated carbocycles. The van der Waals surface area contributed by atoms with Crippen LogP contribution in [0.15, 0.2) is 24.4 Å². The van der Waals surface area contributed by atoms with Crippen LogP contribution in [-0.4, -0.2) is 17.5 Å². The molecule has 92 valence electrons. The fraction of sp³-hybridized carbons (Fsp3) is 0.733. The van der Waals surface area contributed by atoms with E-state index >= 15 is 0 Å². The quantitative estimate of drug-likeness (QED) is 0.545. The monoisotopic (exact) mass is 221 g/mol. The number of hydrogen-bond donors (Lipinski definition) is 0. The van der Waals surface area contributed by atoms with Crippen LogP contribution in [0.4, 0.5) is 0 Å². The molecule has 1 atom stereocenters. The van der Waals surface area contributed by atoms with Crippen LogP contribution in [0.5, 0.6) is 0 Å². The molecular formula is C15H27N. The molecule has 0 radical (unpaired) electrons. The van der Waals surface area contributed by atoms with E-state index in [1.165, 1.54) is 51.5 Å². The van der Waals surface area contributed by atoms with Gasteiger partial charge in [0.1, 0.15) is 0 Å². The molecule has 0 bridgehead atoms. The zero-order valence-corrected chi connectivity index (χ0v) is 11.0. The Labute approximate surface area is 101 Å². The van der Waals surface area contributed by atoms with Crippen molar-refractivity contribution in [3.63, 3.8) is 0 Å². The molecule has 1 heteroatoms. The van der Waals surface area contributed by atoms with Gasteiger partial charge in [0.25, 0.3) is 0 Å². The SMILES string of the molecule is CCCCCCCCCN1C=CC=CC1C. The molecule has 1 heterocycles. The summed E-state index contributed by atoms with van der Waals surface area (Å²) in [4.78, 5) is 2.44. The molecule has 1 aliphatic rings. The van der Waals surface area contributed by atoms with Gasteiger partial charge in [-0.15, -0.1) is 0 Å². The summed E-state index contributed by atoms with van der Waals surface area (Å²) in [6.07, 6.45) is 18.6. The molecule has 0 fully saturated rings. The summed E-state index contributed by atoms with van der Waals surface area (Å²) >= 11 is 0. The molecule has 0 amide bonds. The molecule has 1 rings (SSSR count). The Bertz CT molecular complexity index is 217. The average molecular weight is 221 g/mol. The molecule has 0 N–H and O–H groups in total. The van der Waals surface area contributed by atoms with E-state index in [0.29, 0.717) is 6.04 Å². The van der Waals surface area contributed by atoms with Gasteiger partial charge in [-0.3, -0.25) is 0 Å². The highest BCUT2D eigenvalue weighted by molar-refractivity contribution is 5.11. The molecule has 0 saturated heterocycles. The highest BCUT2D eigenvalue weighted by Gasteiger charge is 2.07. The number of allylic oxidation sites excluding steroid dienone is 2. The van der Waals surface area contributed by atoms with Crippen LogP contribution in [0.25, 0.3) is 0 Å². The van der Waals surface area contributed by atoms with Gasteiger partial charge in [0, 0.05) is 12.6 Å². The summed E-state index contributed by atoms with van der Waals surface area (Å²) in [5.41, 5.74) is 0. The first-order valence-electron chi connectivity index (χ1n) is 6.95. The third kappa shape index (κ3) is 5.39. The second kappa shape index (κ2) is 8.43. The van der Waals surface area contributed by atoms with Crippen molar-refractivity contribution in [1.82, 2.24) is 4.90 Å². The van der Waals surface area contributed by atoms with Crippen molar-refractivity contribution in [1.29, 1.82) is 0 Å². The zero-order valence-electron chi connectivity index (χ0n) is 11.0. The fourth-order valence-corrected chi connectivity index (χ4v) is 2.16. The number of nitrogens with zero attached hydrogens (tertiary/aromatic N) is 1. The molecule has 0 aliphatic carbocycles. The van der Waals surface area contributed by atoms with Crippen LogP contribution in [0.3, 0.4) is 0 Å². The van der Waals surface area contributed by atoms with Crippen molar-refractivity contribution in [2.45, 2.75) is 64.8 Å². The normalized spacial score (nSPS) is 19.4. The highest BCUT2D eigenvalue weighted by Crippen LogP contribution is 2.11. The first-order valence-corrected chi connectivity index (χ1v) is 6.95. The maximum Gasteiger partial charge on any atom is 0.0442 e. The van der Waals surface area contributed by atoms with Crippen molar-refractivity contribution in [3.05, 3.63) is 24.4 Å². The summed E-state index contributed by atoms with van der Waals surface area (Å²) in [5, 5.41) is 0. The lowest BCUT2D eigenvalue weighted by molar-refractivity contribution is 0.322. The third-order valence-corrected chi connectivity index (χ3v) is 3.32. The van der Waals surface area contributed by atoms with Gasteiger partial charge in [0.2, 0.25) is 0 Å². The molecule has 0 aromatic rings. The Morgan fingerprint density at radius 1 is 0.938 bits per heavy atom. The minimum absolute atomic E-state index is 0.588. The maximum absolute atomic E-state index is 2.44. The van der Waals surface area contributed by atoms with E-state index in [0.717, 1.165) is 0 Å². The molecule has 0 aromatic heterocycles. The lowest BCUT2D eigenvalue weighted by Gasteiger charge is -2.27. The largest absolute Gasteiger partial charge is 0.371 e. The molecule has 1 nitrogen and oxygen atoms in total. The second-order valence-corrected chi connectivity index (χ2v) is 4.83. The van der Waals surface area contributed by atoms with Gasteiger partial charge in [-0.2, -0.15) is 0 Å². The molecule has 0 aromatic carbocycles. The van der Waals surface area contributed by atoms with Gasteiger partial charge < -0.3 is 4.90 Å². The molecule has 16 heavy (non-hydrogen) atoms. The molecule has 1 aliphatic heterocycles. The van der Waals surface area contributed by atoms with E-state index in [2.05, 4.69) is 43.2 Å². The number of unbranched alkanes of at least 4 members (excludes halogenated alkanes) is 6. The van der Waals surface area contributed by atoms with Crippen LogP contribution in [0.2, 0.25) is 0 Å². The van der Waals surface area contributed by atoms with Gasteiger partial charge in [0.05, 0.1) is 0 Å². The Morgan fingerprint density at radius 3 is 2.31 bits per heavy atom. The van der Waals surface area contributed by atoms with Crippen molar-refractivity contribution < 1.29 is 0 Å². The summed E-state index contributed by atoms with van der Waals surface area (Å²) in [6, 6.07) is 0.588. The first-order chi connectivity index (χ1) is 7.84. The van der Waals surface area contributed by atoms with Crippen molar-refractivity contribution in [3.8, 4) is 0 Å². The van der Waals surface area contributed by atoms with Gasteiger partial charge in [0.15, 0.2) is 0 Å². The first kappa shape index (κ1) is 13.3. The standard InChI is InChI=1S/C15H27N/c1-3-4-5-6-7-8-10-13-16-14-11-9-12-15(16)2/h9,11-12,14-15H,3-8,10,13H2,1-2H3. The smallest absolute Gasteiger partial charge is 0.0442 e. The Hall–Kier alpha value is -0.720. The van der Waals surface area contributed by atoms with Crippen LogP contribution in [0, 0.1) is 0 Å². The summed E-state index contributed by atoms with van der Waals surface area (Å²) in [5.74, 6) is 0. The zero-order chi connectivity index (χ0) is 11.6. The van der Waals surface area contributed by atoms with Crippen molar-refractivity contribution in [2.24, 2.45) is 0 Å². The molecule has 1 unspecified atom stereocenters. The number of hydrogen-bond acceptors (Lipinski definition) is 1. The van der Waals surface area contributed by atoms with Crippen molar-refractivity contribution in [2.75, 3.05) is 6.54 Å². The van der Waals surface area contributed by atoms with Crippen LogP contribution in [0.1, 0.15) is 58.8 Å². The van der Waals surface area contributed by atoms with E-state index in [4.69, 9.17) is 0 Å². The average Bonchev–Trinajstić information content (AvgIpc) is 2.30. The highest BCUT2D eigenvalue weighted by atomic mass is 15.1. The van der Waals surface area contributed by atoms with E-state index in [1.807, 2.05) is 0 Å². The predicted molar refractivity (Wildman–Crippen MR) is 72.4 cm³/mol. The van der Waals surface area contributed by atoms with Crippen LogP contribution in [-0.2, 0) is 0 Å². The van der Waals surface area contributed by atoms with Crippen LogP contribution >= 0.6 is 0 Å².